The summed E-state index contributed by atoms with van der Waals surface area (Å²) in [5, 5.41) is 3.93. The number of rotatable bonds is 5. The monoisotopic (exact) mass is 345 g/mol. The Labute approximate surface area is 146 Å². The van der Waals surface area contributed by atoms with Gasteiger partial charge in [0.2, 0.25) is 0 Å². The molecule has 7 nitrogen and oxygen atoms in total. The quantitative estimate of drug-likeness (QED) is 0.656. The Morgan fingerprint density at radius 2 is 2.00 bits per heavy atom. The Morgan fingerprint density at radius 1 is 1.24 bits per heavy atom. The lowest BCUT2D eigenvalue weighted by Crippen LogP contribution is -2.21. The smallest absolute Gasteiger partial charge is 0.354 e. The topological polar surface area (TPSA) is 100 Å². The van der Waals surface area contributed by atoms with Crippen LogP contribution in [0.4, 0.5) is 0 Å². The summed E-state index contributed by atoms with van der Waals surface area (Å²) in [6.07, 6.45) is 5.04. The molecule has 0 atom stereocenters. The highest BCUT2D eigenvalue weighted by atomic mass is 17.2. The Balaban J connectivity index is 1.68. The van der Waals surface area contributed by atoms with Crippen LogP contribution in [-0.2, 0) is 16.2 Å². The third-order valence-corrected chi connectivity index (χ3v) is 4.61. The van der Waals surface area contributed by atoms with Crippen molar-refractivity contribution in [3.63, 3.8) is 0 Å². The van der Waals surface area contributed by atoms with Gasteiger partial charge in [0.1, 0.15) is 5.69 Å². The van der Waals surface area contributed by atoms with E-state index in [4.69, 9.17) is 20.0 Å². The molecule has 2 N–H and O–H groups in total. The molecule has 0 bridgehead atoms. The fraction of sp³-hybridized carbons (Fsp3) is 0.500. The number of aryl methyl sites for hydroxylation is 2. The van der Waals surface area contributed by atoms with Gasteiger partial charge in [-0.15, -0.1) is 0 Å². The average Bonchev–Trinajstić information content (AvgIpc) is 3.01. The Kier molecular flexibility index (Phi) is 5.33. The molecule has 0 aromatic carbocycles. The zero-order valence-corrected chi connectivity index (χ0v) is 14.6. The van der Waals surface area contributed by atoms with Gasteiger partial charge in [0.25, 0.3) is 0 Å². The summed E-state index contributed by atoms with van der Waals surface area (Å²) in [6.45, 7) is 3.94. The van der Waals surface area contributed by atoms with Crippen LogP contribution in [0.5, 0.6) is 5.75 Å². The molecule has 1 fully saturated rings. The van der Waals surface area contributed by atoms with Crippen molar-refractivity contribution < 1.29 is 19.1 Å². The van der Waals surface area contributed by atoms with E-state index in [1.54, 1.807) is 19.1 Å². The summed E-state index contributed by atoms with van der Waals surface area (Å²) < 4.78 is 5.33. The first kappa shape index (κ1) is 17.4. The third-order valence-electron chi connectivity index (χ3n) is 4.61. The molecule has 0 saturated heterocycles. The molecule has 2 heterocycles. The minimum Gasteiger partial charge on any atom is -0.354 e. The molecule has 0 aliphatic heterocycles. The number of hydrogen-bond donors (Lipinski definition) is 1. The molecule has 7 heteroatoms. The number of aromatic nitrogens is 2. The van der Waals surface area contributed by atoms with E-state index in [9.17, 15) is 4.79 Å². The van der Waals surface area contributed by atoms with E-state index in [-0.39, 0.29) is 11.9 Å². The standard InChI is InChI=1S/C18H23N3O4/c1-11-14(10-19)17(23-21-11)15-8-9-16(12(2)20-15)24-25-18(22)13-6-4-3-5-7-13/h8-9,13H,3-7,10,19H2,1-2H3. The first-order valence-corrected chi connectivity index (χ1v) is 8.61. The van der Waals surface area contributed by atoms with Gasteiger partial charge >= 0.3 is 5.97 Å². The molecule has 1 aliphatic rings. The van der Waals surface area contributed by atoms with Crippen molar-refractivity contribution in [2.24, 2.45) is 11.7 Å². The van der Waals surface area contributed by atoms with E-state index >= 15 is 0 Å². The molecule has 0 spiro atoms. The summed E-state index contributed by atoms with van der Waals surface area (Å²) in [5.74, 6) is 0.581. The molecule has 0 amide bonds. The van der Waals surface area contributed by atoms with Crippen molar-refractivity contribution in [3.8, 4) is 17.2 Å². The highest BCUT2D eigenvalue weighted by Crippen LogP contribution is 2.28. The first-order valence-electron chi connectivity index (χ1n) is 8.61. The molecule has 2 aromatic heterocycles. The molecule has 25 heavy (non-hydrogen) atoms. The van der Waals surface area contributed by atoms with Crippen LogP contribution >= 0.6 is 0 Å². The lowest BCUT2D eigenvalue weighted by Gasteiger charge is -2.19. The Morgan fingerprint density at radius 3 is 2.68 bits per heavy atom. The summed E-state index contributed by atoms with van der Waals surface area (Å²) in [6, 6.07) is 3.43. The van der Waals surface area contributed by atoms with Gasteiger partial charge in [-0.25, -0.2) is 9.78 Å². The number of carbonyl (C=O) groups is 1. The van der Waals surface area contributed by atoms with Gasteiger partial charge in [-0.05, 0) is 38.8 Å². The average molecular weight is 345 g/mol. The minimum absolute atomic E-state index is 0.0643. The maximum atomic E-state index is 12.1. The van der Waals surface area contributed by atoms with Crippen LogP contribution in [0.3, 0.4) is 0 Å². The van der Waals surface area contributed by atoms with Crippen molar-refractivity contribution in [3.05, 3.63) is 29.1 Å². The van der Waals surface area contributed by atoms with Crippen molar-refractivity contribution in [1.29, 1.82) is 0 Å². The summed E-state index contributed by atoms with van der Waals surface area (Å²) in [5.41, 5.74) is 8.52. The van der Waals surface area contributed by atoms with Crippen LogP contribution in [0.1, 0.15) is 49.1 Å². The second-order valence-corrected chi connectivity index (χ2v) is 6.38. The van der Waals surface area contributed by atoms with Gasteiger partial charge in [-0.1, -0.05) is 24.4 Å². The second-order valence-electron chi connectivity index (χ2n) is 6.38. The predicted octanol–water partition coefficient (Wildman–Crippen LogP) is 3.23. The third kappa shape index (κ3) is 3.82. The van der Waals surface area contributed by atoms with Gasteiger partial charge in [-0.2, -0.15) is 0 Å². The van der Waals surface area contributed by atoms with Gasteiger partial charge in [0.15, 0.2) is 11.5 Å². The number of pyridine rings is 1. The van der Waals surface area contributed by atoms with Gasteiger partial charge in [0, 0.05) is 12.1 Å². The SMILES string of the molecule is Cc1nc(-c2onc(C)c2CN)ccc1OOC(=O)C1CCCCC1. The van der Waals surface area contributed by atoms with Crippen molar-refractivity contribution in [2.45, 2.75) is 52.5 Å². The molecule has 134 valence electrons. The van der Waals surface area contributed by atoms with Crippen molar-refractivity contribution in [1.82, 2.24) is 10.1 Å². The molecule has 2 aromatic rings. The van der Waals surface area contributed by atoms with Crippen LogP contribution < -0.4 is 10.6 Å². The molecule has 1 saturated carbocycles. The molecular formula is C18H23N3O4. The molecule has 0 radical (unpaired) electrons. The van der Waals surface area contributed by atoms with Gasteiger partial charge < -0.3 is 10.3 Å². The second kappa shape index (κ2) is 7.65. The van der Waals surface area contributed by atoms with Crippen molar-refractivity contribution in [2.75, 3.05) is 0 Å². The maximum Gasteiger partial charge on any atom is 0.358 e. The Hall–Kier alpha value is -2.41. The number of hydrogen-bond acceptors (Lipinski definition) is 7. The first-order chi connectivity index (χ1) is 12.1. The predicted molar refractivity (Wildman–Crippen MR) is 90.4 cm³/mol. The normalized spacial score (nSPS) is 15.2. The molecular weight excluding hydrogens is 322 g/mol. The summed E-state index contributed by atoms with van der Waals surface area (Å²) in [4.78, 5) is 26.7. The highest BCUT2D eigenvalue weighted by Gasteiger charge is 2.24. The maximum absolute atomic E-state index is 12.1. The van der Waals surface area contributed by atoms with E-state index in [0.29, 0.717) is 29.4 Å². The zero-order chi connectivity index (χ0) is 17.8. The van der Waals surface area contributed by atoms with Crippen LogP contribution in [0, 0.1) is 19.8 Å². The molecule has 0 unspecified atom stereocenters. The Bertz CT molecular complexity index is 751. The summed E-state index contributed by atoms with van der Waals surface area (Å²) >= 11 is 0. The van der Waals surface area contributed by atoms with Crippen LogP contribution in [0.15, 0.2) is 16.7 Å². The van der Waals surface area contributed by atoms with E-state index < -0.39 is 0 Å². The number of nitrogens with two attached hydrogens (primary N) is 1. The minimum atomic E-state index is -0.306. The van der Waals surface area contributed by atoms with Crippen LogP contribution in [0.25, 0.3) is 11.5 Å². The number of nitrogens with zero attached hydrogens (tertiary/aromatic N) is 2. The fourth-order valence-corrected chi connectivity index (χ4v) is 3.09. The van der Waals surface area contributed by atoms with Gasteiger partial charge in [-0.3, -0.25) is 9.78 Å². The lowest BCUT2D eigenvalue weighted by molar-refractivity contribution is -0.220. The lowest BCUT2D eigenvalue weighted by atomic mass is 9.89. The largest absolute Gasteiger partial charge is 0.358 e. The molecule has 1 aliphatic carbocycles. The summed E-state index contributed by atoms with van der Waals surface area (Å²) in [7, 11) is 0. The van der Waals surface area contributed by atoms with E-state index in [2.05, 4.69) is 10.1 Å². The van der Waals surface area contributed by atoms with Gasteiger partial charge in [0.05, 0.1) is 17.3 Å². The van der Waals surface area contributed by atoms with E-state index in [1.165, 1.54) is 6.42 Å². The van der Waals surface area contributed by atoms with E-state index in [0.717, 1.165) is 36.9 Å². The fourth-order valence-electron chi connectivity index (χ4n) is 3.09. The zero-order valence-electron chi connectivity index (χ0n) is 14.6. The van der Waals surface area contributed by atoms with Crippen LogP contribution in [-0.4, -0.2) is 16.1 Å². The number of carbonyl (C=O) groups excluding carboxylic acids is 1. The van der Waals surface area contributed by atoms with E-state index in [1.807, 2.05) is 6.92 Å². The van der Waals surface area contributed by atoms with Crippen molar-refractivity contribution >= 4 is 5.97 Å². The molecule has 3 rings (SSSR count). The van der Waals surface area contributed by atoms with Crippen LogP contribution in [0.2, 0.25) is 0 Å². The highest BCUT2D eigenvalue weighted by molar-refractivity contribution is 5.72.